The average Bonchev–Trinajstić information content (AvgIpc) is 3.36. The highest BCUT2D eigenvalue weighted by Gasteiger charge is 2.16. The highest BCUT2D eigenvalue weighted by atomic mass is 35.5. The lowest BCUT2D eigenvalue weighted by Gasteiger charge is -2.09. The molecule has 0 spiro atoms. The summed E-state index contributed by atoms with van der Waals surface area (Å²) in [7, 11) is 0. The quantitative estimate of drug-likeness (QED) is 0.342. The molecule has 0 saturated heterocycles. The summed E-state index contributed by atoms with van der Waals surface area (Å²) >= 11 is 9.37. The van der Waals surface area contributed by atoms with Gasteiger partial charge < -0.3 is 0 Å². The minimum absolute atomic E-state index is 0.712. The van der Waals surface area contributed by atoms with Gasteiger partial charge in [0.15, 0.2) is 11.0 Å². The second-order valence-corrected chi connectivity index (χ2v) is 8.09. The molecule has 2 heterocycles. The normalized spacial score (nSPS) is 11.3. The Morgan fingerprint density at radius 1 is 0.963 bits per heavy atom. The van der Waals surface area contributed by atoms with E-state index in [9.17, 15) is 0 Å². The number of rotatable bonds is 6. The topological polar surface area (TPSA) is 30.7 Å². The summed E-state index contributed by atoms with van der Waals surface area (Å²) in [5.41, 5.74) is 2.19. The number of hydrogen-bond acceptors (Lipinski definition) is 4. The molecule has 3 nitrogen and oxygen atoms in total. The summed E-state index contributed by atoms with van der Waals surface area (Å²) in [6.07, 6.45) is 4.27. The molecule has 0 N–H and O–H groups in total. The second-order valence-electron chi connectivity index (χ2n) is 5.72. The van der Waals surface area contributed by atoms with Crippen LogP contribution in [0, 0.1) is 0 Å². The van der Waals surface area contributed by atoms with Gasteiger partial charge in [-0.25, -0.2) is 0 Å². The third-order valence-electron chi connectivity index (χ3n) is 3.88. The van der Waals surface area contributed by atoms with Crippen molar-refractivity contribution in [3.8, 4) is 16.4 Å². The first-order valence-electron chi connectivity index (χ1n) is 8.41. The summed E-state index contributed by atoms with van der Waals surface area (Å²) in [6, 6.07) is 22.1. The van der Waals surface area contributed by atoms with Crippen molar-refractivity contribution < 1.29 is 0 Å². The SMILES string of the molecule is Clc1ccc(-n2c(SC/C=C/c3ccccc3)nnc2-c2cccs2)cc1. The Bertz CT molecular complexity index is 1020. The van der Waals surface area contributed by atoms with Crippen molar-refractivity contribution in [3.63, 3.8) is 0 Å². The van der Waals surface area contributed by atoms with E-state index in [1.54, 1.807) is 23.1 Å². The second kappa shape index (κ2) is 8.57. The van der Waals surface area contributed by atoms with Gasteiger partial charge in [-0.15, -0.1) is 21.5 Å². The molecule has 134 valence electrons. The van der Waals surface area contributed by atoms with E-state index in [1.165, 1.54) is 5.56 Å². The molecule has 0 atom stereocenters. The zero-order chi connectivity index (χ0) is 18.5. The lowest BCUT2D eigenvalue weighted by molar-refractivity contribution is 0.888. The molecule has 0 amide bonds. The zero-order valence-corrected chi connectivity index (χ0v) is 16.7. The molecule has 4 rings (SSSR count). The van der Waals surface area contributed by atoms with Crippen LogP contribution in [0.1, 0.15) is 5.56 Å². The number of halogens is 1. The van der Waals surface area contributed by atoms with Gasteiger partial charge in [-0.3, -0.25) is 4.57 Å². The molecular formula is C21H16ClN3S2. The molecule has 2 aromatic carbocycles. The molecule has 6 heteroatoms. The van der Waals surface area contributed by atoms with Crippen LogP contribution in [0.25, 0.3) is 22.5 Å². The van der Waals surface area contributed by atoms with Gasteiger partial charge in [0, 0.05) is 16.5 Å². The van der Waals surface area contributed by atoms with Crippen LogP contribution in [-0.2, 0) is 0 Å². The predicted molar refractivity (Wildman–Crippen MR) is 116 cm³/mol. The molecular weight excluding hydrogens is 394 g/mol. The van der Waals surface area contributed by atoms with Gasteiger partial charge in [0.05, 0.1) is 4.88 Å². The highest BCUT2D eigenvalue weighted by molar-refractivity contribution is 7.99. The van der Waals surface area contributed by atoms with Crippen LogP contribution in [0.15, 0.2) is 83.3 Å². The van der Waals surface area contributed by atoms with E-state index in [2.05, 4.69) is 45.1 Å². The molecule has 0 fully saturated rings. The Morgan fingerprint density at radius 3 is 2.52 bits per heavy atom. The predicted octanol–water partition coefficient (Wildman–Crippen LogP) is 6.45. The molecule has 0 saturated carbocycles. The Kier molecular flexibility index (Phi) is 5.72. The van der Waals surface area contributed by atoms with Gasteiger partial charge in [-0.1, -0.05) is 71.9 Å². The summed E-state index contributed by atoms with van der Waals surface area (Å²) < 4.78 is 2.09. The van der Waals surface area contributed by atoms with Gasteiger partial charge >= 0.3 is 0 Å². The molecule has 27 heavy (non-hydrogen) atoms. The van der Waals surface area contributed by atoms with E-state index in [0.717, 1.165) is 27.3 Å². The first kappa shape index (κ1) is 18.0. The molecule has 0 aliphatic heterocycles. The minimum atomic E-state index is 0.712. The van der Waals surface area contributed by atoms with Gasteiger partial charge in [-0.05, 0) is 41.3 Å². The summed E-state index contributed by atoms with van der Waals surface area (Å²) in [4.78, 5) is 1.09. The number of thioether (sulfide) groups is 1. The number of benzene rings is 2. The van der Waals surface area contributed by atoms with Crippen LogP contribution in [0.3, 0.4) is 0 Å². The van der Waals surface area contributed by atoms with Crippen molar-refractivity contribution in [2.45, 2.75) is 5.16 Å². The van der Waals surface area contributed by atoms with Crippen LogP contribution < -0.4 is 0 Å². The Hall–Kier alpha value is -2.34. The Morgan fingerprint density at radius 2 is 1.78 bits per heavy atom. The monoisotopic (exact) mass is 409 g/mol. The number of hydrogen-bond donors (Lipinski definition) is 0. The fraction of sp³-hybridized carbons (Fsp3) is 0.0476. The number of thiophene rings is 1. The van der Waals surface area contributed by atoms with Crippen LogP contribution >= 0.6 is 34.7 Å². The molecule has 0 aliphatic rings. The highest BCUT2D eigenvalue weighted by Crippen LogP contribution is 2.30. The van der Waals surface area contributed by atoms with Crippen LogP contribution in [0.5, 0.6) is 0 Å². The van der Waals surface area contributed by atoms with E-state index < -0.39 is 0 Å². The van der Waals surface area contributed by atoms with E-state index in [1.807, 2.05) is 53.9 Å². The van der Waals surface area contributed by atoms with Gasteiger partial charge in [0.25, 0.3) is 0 Å². The first-order valence-corrected chi connectivity index (χ1v) is 10.7. The fourth-order valence-electron chi connectivity index (χ4n) is 2.62. The summed E-state index contributed by atoms with van der Waals surface area (Å²) in [5, 5.41) is 12.5. The van der Waals surface area contributed by atoms with Crippen LogP contribution in [-0.4, -0.2) is 20.5 Å². The lowest BCUT2D eigenvalue weighted by Crippen LogP contribution is -1.98. The van der Waals surface area contributed by atoms with Crippen molar-refractivity contribution in [2.24, 2.45) is 0 Å². The summed E-state index contributed by atoms with van der Waals surface area (Å²) in [6.45, 7) is 0. The van der Waals surface area contributed by atoms with E-state index in [4.69, 9.17) is 11.6 Å². The first-order chi connectivity index (χ1) is 13.3. The van der Waals surface area contributed by atoms with E-state index in [0.29, 0.717) is 5.02 Å². The molecule has 2 aromatic heterocycles. The number of aromatic nitrogens is 3. The maximum absolute atomic E-state index is 6.06. The standard InChI is InChI=1S/C21H16ClN3S2/c22-17-10-12-18(13-11-17)25-20(19-9-5-14-26-19)23-24-21(25)27-15-4-8-16-6-2-1-3-7-16/h1-14H,15H2/b8-4+. The molecule has 0 bridgehead atoms. The molecule has 4 aromatic rings. The van der Waals surface area contributed by atoms with E-state index >= 15 is 0 Å². The van der Waals surface area contributed by atoms with Crippen molar-refractivity contribution in [2.75, 3.05) is 5.75 Å². The third-order valence-corrected chi connectivity index (χ3v) is 5.88. The van der Waals surface area contributed by atoms with Crippen molar-refractivity contribution >= 4 is 40.8 Å². The largest absolute Gasteiger partial charge is 0.269 e. The molecule has 0 unspecified atom stereocenters. The maximum Gasteiger partial charge on any atom is 0.196 e. The van der Waals surface area contributed by atoms with Crippen molar-refractivity contribution in [1.29, 1.82) is 0 Å². The van der Waals surface area contributed by atoms with Crippen LogP contribution in [0.4, 0.5) is 0 Å². The van der Waals surface area contributed by atoms with Crippen LogP contribution in [0.2, 0.25) is 5.02 Å². The molecule has 0 aliphatic carbocycles. The Balaban J connectivity index is 1.60. The van der Waals surface area contributed by atoms with Gasteiger partial charge in [0.1, 0.15) is 0 Å². The minimum Gasteiger partial charge on any atom is -0.269 e. The smallest absolute Gasteiger partial charge is 0.196 e. The van der Waals surface area contributed by atoms with Crippen molar-refractivity contribution in [1.82, 2.24) is 14.8 Å². The van der Waals surface area contributed by atoms with Gasteiger partial charge in [0.2, 0.25) is 0 Å². The van der Waals surface area contributed by atoms with Gasteiger partial charge in [-0.2, -0.15) is 0 Å². The zero-order valence-electron chi connectivity index (χ0n) is 14.3. The third kappa shape index (κ3) is 4.33. The Labute approximate surface area is 171 Å². The van der Waals surface area contributed by atoms with E-state index in [-0.39, 0.29) is 0 Å². The summed E-state index contributed by atoms with van der Waals surface area (Å²) in [5.74, 6) is 1.66. The lowest BCUT2D eigenvalue weighted by atomic mass is 10.2. The maximum atomic E-state index is 6.06. The molecule has 0 radical (unpaired) electrons. The fourth-order valence-corrected chi connectivity index (χ4v) is 4.21. The number of nitrogens with zero attached hydrogens (tertiary/aromatic N) is 3. The average molecular weight is 410 g/mol. The van der Waals surface area contributed by atoms with Crippen molar-refractivity contribution in [3.05, 3.63) is 88.8 Å².